The van der Waals surface area contributed by atoms with Gasteiger partial charge in [0.15, 0.2) is 9.84 Å². The SMILES string of the molecule is Cc1cc2c(NCC3(N)COC3)nc(N3CCS(=O)(=O)c4ccccc4C3)nc2cn1. The number of fused-ring (bicyclic) bond motifs is 2. The molecule has 1 fully saturated rings. The minimum absolute atomic E-state index is 0.00354. The van der Waals surface area contributed by atoms with Crippen LogP contribution in [-0.4, -0.2) is 61.0 Å². The second-order valence-electron chi connectivity index (χ2n) is 8.27. The number of aromatic nitrogens is 3. The Bertz CT molecular complexity index is 1260. The number of nitrogens with zero attached hydrogens (tertiary/aromatic N) is 4. The Kier molecular flexibility index (Phi) is 4.80. The molecule has 9 nitrogen and oxygen atoms in total. The molecule has 1 saturated heterocycles. The first-order valence-electron chi connectivity index (χ1n) is 10.1. The number of benzene rings is 1. The molecule has 5 rings (SSSR count). The zero-order valence-electron chi connectivity index (χ0n) is 17.2. The van der Waals surface area contributed by atoms with Gasteiger partial charge in [0.1, 0.15) is 5.82 Å². The van der Waals surface area contributed by atoms with E-state index in [0.29, 0.717) is 55.0 Å². The van der Waals surface area contributed by atoms with E-state index in [0.717, 1.165) is 16.6 Å². The van der Waals surface area contributed by atoms with Crippen molar-refractivity contribution < 1.29 is 13.2 Å². The molecule has 2 aliphatic rings. The Balaban J connectivity index is 1.54. The van der Waals surface area contributed by atoms with E-state index in [4.69, 9.17) is 20.4 Å². The number of aryl methyl sites for hydroxylation is 1. The molecule has 0 atom stereocenters. The Morgan fingerprint density at radius 2 is 2.06 bits per heavy atom. The number of nitrogens with one attached hydrogen (secondary N) is 1. The zero-order chi connectivity index (χ0) is 21.6. The second kappa shape index (κ2) is 7.40. The molecule has 0 radical (unpaired) electrons. The number of anilines is 2. The van der Waals surface area contributed by atoms with Gasteiger partial charge in [0, 0.05) is 30.7 Å². The highest BCUT2D eigenvalue weighted by atomic mass is 32.2. The monoisotopic (exact) mass is 440 g/mol. The lowest BCUT2D eigenvalue weighted by molar-refractivity contribution is -0.0461. The molecule has 0 saturated carbocycles. The van der Waals surface area contributed by atoms with Crippen molar-refractivity contribution in [1.29, 1.82) is 0 Å². The van der Waals surface area contributed by atoms with Crippen LogP contribution in [0.15, 0.2) is 41.4 Å². The van der Waals surface area contributed by atoms with Gasteiger partial charge < -0.3 is 20.7 Å². The van der Waals surface area contributed by atoms with Gasteiger partial charge in [0.2, 0.25) is 5.95 Å². The number of rotatable bonds is 4. The first-order chi connectivity index (χ1) is 14.8. The van der Waals surface area contributed by atoms with Crippen LogP contribution in [0.5, 0.6) is 0 Å². The summed E-state index contributed by atoms with van der Waals surface area (Å²) in [6.07, 6.45) is 1.72. The van der Waals surface area contributed by atoms with E-state index in [2.05, 4.69) is 10.3 Å². The molecule has 0 amide bonds. The van der Waals surface area contributed by atoms with Crippen molar-refractivity contribution in [2.24, 2.45) is 5.73 Å². The molecule has 10 heteroatoms. The number of ether oxygens (including phenoxy) is 1. The van der Waals surface area contributed by atoms with E-state index in [1.807, 2.05) is 30.0 Å². The second-order valence-corrected chi connectivity index (χ2v) is 10.3. The lowest BCUT2D eigenvalue weighted by Crippen LogP contribution is -2.61. The third-order valence-corrected chi connectivity index (χ3v) is 7.46. The number of hydrogen-bond acceptors (Lipinski definition) is 9. The fourth-order valence-corrected chi connectivity index (χ4v) is 5.36. The first kappa shape index (κ1) is 20.1. The van der Waals surface area contributed by atoms with Crippen LogP contribution >= 0.6 is 0 Å². The summed E-state index contributed by atoms with van der Waals surface area (Å²) in [6.45, 7) is 4.13. The molecule has 0 unspecified atom stereocenters. The summed E-state index contributed by atoms with van der Waals surface area (Å²) in [5, 5.41) is 4.21. The summed E-state index contributed by atoms with van der Waals surface area (Å²) in [7, 11) is -3.36. The fourth-order valence-electron chi connectivity index (χ4n) is 3.86. The number of sulfone groups is 1. The van der Waals surface area contributed by atoms with E-state index >= 15 is 0 Å². The molecular weight excluding hydrogens is 416 g/mol. The minimum Gasteiger partial charge on any atom is -0.377 e. The van der Waals surface area contributed by atoms with Gasteiger partial charge in [-0.1, -0.05) is 18.2 Å². The molecule has 2 aromatic heterocycles. The van der Waals surface area contributed by atoms with Crippen LogP contribution < -0.4 is 16.0 Å². The van der Waals surface area contributed by atoms with Crippen molar-refractivity contribution in [3.63, 3.8) is 0 Å². The van der Waals surface area contributed by atoms with Crippen LogP contribution in [-0.2, 0) is 21.1 Å². The van der Waals surface area contributed by atoms with Crippen molar-refractivity contribution in [2.45, 2.75) is 23.9 Å². The van der Waals surface area contributed by atoms with Gasteiger partial charge in [-0.15, -0.1) is 0 Å². The highest BCUT2D eigenvalue weighted by Crippen LogP contribution is 2.28. The minimum atomic E-state index is -3.36. The average Bonchev–Trinajstić information content (AvgIpc) is 2.87. The number of pyridine rings is 1. The average molecular weight is 441 g/mol. The van der Waals surface area contributed by atoms with E-state index in [1.165, 1.54) is 0 Å². The maximum Gasteiger partial charge on any atom is 0.228 e. The molecule has 0 bridgehead atoms. The largest absolute Gasteiger partial charge is 0.377 e. The molecule has 0 aliphatic carbocycles. The topological polar surface area (TPSA) is 123 Å². The van der Waals surface area contributed by atoms with Crippen LogP contribution in [0.4, 0.5) is 11.8 Å². The van der Waals surface area contributed by atoms with Gasteiger partial charge in [-0.25, -0.2) is 13.4 Å². The third-order valence-electron chi connectivity index (χ3n) is 5.68. The highest BCUT2D eigenvalue weighted by molar-refractivity contribution is 7.91. The predicted octanol–water partition coefficient (Wildman–Crippen LogP) is 1.27. The summed E-state index contributed by atoms with van der Waals surface area (Å²) in [4.78, 5) is 16.1. The summed E-state index contributed by atoms with van der Waals surface area (Å²) < 4.78 is 30.7. The number of hydrogen-bond donors (Lipinski definition) is 2. The predicted molar refractivity (Wildman–Crippen MR) is 118 cm³/mol. The summed E-state index contributed by atoms with van der Waals surface area (Å²) in [6, 6.07) is 9.03. The summed E-state index contributed by atoms with van der Waals surface area (Å²) in [5.74, 6) is 1.12. The maximum absolute atomic E-state index is 12.7. The van der Waals surface area contributed by atoms with E-state index in [1.54, 1.807) is 18.3 Å². The molecule has 31 heavy (non-hydrogen) atoms. The standard InChI is InChI=1S/C21H24N6O3S/c1-14-8-16-17(9-23-14)25-20(26-19(16)24-11-21(22)12-30-13-21)27-6-7-31(28,29)18-5-3-2-4-15(18)10-27/h2-5,8-9H,6-7,10-13,22H2,1H3,(H,24,25,26). The molecule has 3 N–H and O–H groups in total. The Hall–Kier alpha value is -2.82. The quantitative estimate of drug-likeness (QED) is 0.617. The van der Waals surface area contributed by atoms with Crippen LogP contribution in [0.1, 0.15) is 11.3 Å². The van der Waals surface area contributed by atoms with Crippen molar-refractivity contribution in [1.82, 2.24) is 15.0 Å². The molecule has 3 aromatic rings. The lowest BCUT2D eigenvalue weighted by Gasteiger charge is -2.38. The van der Waals surface area contributed by atoms with E-state index < -0.39 is 15.4 Å². The maximum atomic E-state index is 12.7. The van der Waals surface area contributed by atoms with Crippen LogP contribution in [0.25, 0.3) is 10.9 Å². The molecule has 0 spiro atoms. The molecule has 4 heterocycles. The fraction of sp³-hybridized carbons (Fsp3) is 0.381. The van der Waals surface area contributed by atoms with Crippen LogP contribution in [0.3, 0.4) is 0 Å². The van der Waals surface area contributed by atoms with Crippen molar-refractivity contribution in [3.05, 3.63) is 47.8 Å². The first-order valence-corrected chi connectivity index (χ1v) is 11.8. The molecule has 2 aliphatic heterocycles. The molecular formula is C21H24N6O3S. The van der Waals surface area contributed by atoms with Crippen molar-refractivity contribution in [2.75, 3.05) is 42.3 Å². The van der Waals surface area contributed by atoms with Crippen molar-refractivity contribution >= 4 is 32.5 Å². The molecule has 1 aromatic carbocycles. The smallest absolute Gasteiger partial charge is 0.228 e. The van der Waals surface area contributed by atoms with Gasteiger partial charge in [0.25, 0.3) is 0 Å². The van der Waals surface area contributed by atoms with Gasteiger partial charge in [-0.3, -0.25) is 4.98 Å². The Labute approximate surface area is 180 Å². The van der Waals surface area contributed by atoms with Gasteiger partial charge in [0.05, 0.1) is 41.1 Å². The van der Waals surface area contributed by atoms with Gasteiger partial charge in [-0.2, -0.15) is 4.98 Å². The normalized spacial score (nSPS) is 19.4. The van der Waals surface area contributed by atoms with E-state index in [-0.39, 0.29) is 5.75 Å². The number of nitrogens with two attached hydrogens (primary N) is 1. The van der Waals surface area contributed by atoms with Crippen LogP contribution in [0, 0.1) is 6.92 Å². The zero-order valence-corrected chi connectivity index (χ0v) is 18.0. The Morgan fingerprint density at radius 1 is 1.26 bits per heavy atom. The van der Waals surface area contributed by atoms with E-state index in [9.17, 15) is 8.42 Å². The summed E-state index contributed by atoms with van der Waals surface area (Å²) >= 11 is 0. The lowest BCUT2D eigenvalue weighted by atomic mass is 9.99. The summed E-state index contributed by atoms with van der Waals surface area (Å²) in [5.41, 5.74) is 8.16. The van der Waals surface area contributed by atoms with Crippen LogP contribution in [0.2, 0.25) is 0 Å². The highest BCUT2D eigenvalue weighted by Gasteiger charge is 2.34. The van der Waals surface area contributed by atoms with Gasteiger partial charge in [-0.05, 0) is 24.6 Å². The third kappa shape index (κ3) is 3.82. The van der Waals surface area contributed by atoms with Crippen molar-refractivity contribution in [3.8, 4) is 0 Å². The molecule has 162 valence electrons. The Morgan fingerprint density at radius 3 is 2.84 bits per heavy atom. The van der Waals surface area contributed by atoms with Gasteiger partial charge >= 0.3 is 0 Å².